The first-order chi connectivity index (χ1) is 9.54. The van der Waals surface area contributed by atoms with Gasteiger partial charge >= 0.3 is 0 Å². The second-order valence-corrected chi connectivity index (χ2v) is 6.32. The fourth-order valence-electron chi connectivity index (χ4n) is 2.41. The predicted molar refractivity (Wildman–Crippen MR) is 80.9 cm³/mol. The van der Waals surface area contributed by atoms with E-state index in [0.29, 0.717) is 24.1 Å². The topological polar surface area (TPSA) is 58.2 Å². The molecule has 0 radical (unpaired) electrons. The molecule has 1 aromatic heterocycles. The molecule has 1 fully saturated rings. The van der Waals surface area contributed by atoms with Crippen molar-refractivity contribution < 1.29 is 9.53 Å². The summed E-state index contributed by atoms with van der Waals surface area (Å²) in [6.07, 6.45) is 1.03. The van der Waals surface area contributed by atoms with Crippen LogP contribution in [0, 0.1) is 5.92 Å². The van der Waals surface area contributed by atoms with Gasteiger partial charge in [0, 0.05) is 25.6 Å². The van der Waals surface area contributed by atoms with E-state index in [4.69, 9.17) is 4.74 Å². The van der Waals surface area contributed by atoms with Crippen LogP contribution in [0.2, 0.25) is 0 Å². The fourth-order valence-corrected chi connectivity index (χ4v) is 3.22. The number of carbonyl (C=O) groups excluding carboxylic acids is 1. The second-order valence-electron chi connectivity index (χ2n) is 5.53. The molecule has 0 aromatic carbocycles. The molecule has 1 aliphatic rings. The summed E-state index contributed by atoms with van der Waals surface area (Å²) in [4.78, 5) is 14.4. The van der Waals surface area contributed by atoms with Crippen LogP contribution >= 0.6 is 15.9 Å². The minimum Gasteiger partial charge on any atom is -0.381 e. The Balaban J connectivity index is 2.11. The molecule has 112 valence electrons. The molecule has 1 unspecified atom stereocenters. The summed E-state index contributed by atoms with van der Waals surface area (Å²) in [5.41, 5.74) is 1.45. The zero-order valence-electron chi connectivity index (χ0n) is 12.3. The van der Waals surface area contributed by atoms with Gasteiger partial charge in [-0.2, -0.15) is 5.10 Å². The lowest BCUT2D eigenvalue weighted by molar-refractivity contribution is 0.0724. The second kappa shape index (κ2) is 6.72. The highest BCUT2D eigenvalue weighted by atomic mass is 79.9. The highest BCUT2D eigenvalue weighted by Crippen LogP contribution is 2.26. The van der Waals surface area contributed by atoms with Gasteiger partial charge in [0.05, 0.1) is 16.8 Å². The molecule has 1 aliphatic heterocycles. The maximum absolute atomic E-state index is 12.6. The van der Waals surface area contributed by atoms with E-state index in [-0.39, 0.29) is 5.91 Å². The number of rotatable bonds is 5. The van der Waals surface area contributed by atoms with E-state index in [2.05, 4.69) is 40.0 Å². The molecule has 1 aromatic rings. The zero-order valence-corrected chi connectivity index (χ0v) is 13.9. The first kappa shape index (κ1) is 15.5. The molecule has 0 bridgehead atoms. The molecule has 20 heavy (non-hydrogen) atoms. The van der Waals surface area contributed by atoms with Crippen LogP contribution in [0.25, 0.3) is 0 Å². The number of carbonyl (C=O) groups is 1. The maximum Gasteiger partial charge on any atom is 0.275 e. The molecule has 0 saturated carbocycles. The van der Waals surface area contributed by atoms with E-state index in [0.717, 1.165) is 36.3 Å². The molecular weight excluding hydrogens is 322 g/mol. The average Bonchev–Trinajstić information content (AvgIpc) is 3.04. The van der Waals surface area contributed by atoms with Crippen LogP contribution in [-0.2, 0) is 4.74 Å². The van der Waals surface area contributed by atoms with Crippen molar-refractivity contribution in [3.8, 4) is 0 Å². The third-order valence-corrected chi connectivity index (χ3v) is 4.49. The van der Waals surface area contributed by atoms with Crippen LogP contribution in [0.4, 0.5) is 0 Å². The van der Waals surface area contributed by atoms with Crippen molar-refractivity contribution in [1.82, 2.24) is 15.1 Å². The van der Waals surface area contributed by atoms with Gasteiger partial charge in [-0.1, -0.05) is 13.8 Å². The number of nitrogens with zero attached hydrogens (tertiary/aromatic N) is 2. The SMILES string of the molecule is CCN(CC1CCOC1)C(=O)c1n[nH]c(C(C)C)c1Br. The summed E-state index contributed by atoms with van der Waals surface area (Å²) < 4.78 is 6.17. The van der Waals surface area contributed by atoms with Gasteiger partial charge in [-0.05, 0) is 35.2 Å². The van der Waals surface area contributed by atoms with Gasteiger partial charge in [0.15, 0.2) is 5.69 Å². The van der Waals surface area contributed by atoms with Gasteiger partial charge in [-0.15, -0.1) is 0 Å². The van der Waals surface area contributed by atoms with Crippen molar-refractivity contribution in [3.05, 3.63) is 15.9 Å². The first-order valence-corrected chi connectivity index (χ1v) is 7.94. The lowest BCUT2D eigenvalue weighted by Crippen LogP contribution is -2.35. The lowest BCUT2D eigenvalue weighted by Gasteiger charge is -2.23. The fraction of sp³-hybridized carbons (Fsp3) is 0.714. The number of hydrogen-bond acceptors (Lipinski definition) is 3. The standard InChI is InChI=1S/C14H22BrN3O2/c1-4-18(7-10-5-6-20-8-10)14(19)13-11(15)12(9(2)3)16-17-13/h9-10H,4-8H2,1-3H3,(H,16,17). The van der Waals surface area contributed by atoms with Crippen LogP contribution in [-0.4, -0.2) is 47.3 Å². The summed E-state index contributed by atoms with van der Waals surface area (Å²) in [7, 11) is 0. The van der Waals surface area contributed by atoms with Gasteiger partial charge in [0.25, 0.3) is 5.91 Å². The third kappa shape index (κ3) is 3.23. The normalized spacial score (nSPS) is 18.8. The minimum atomic E-state index is -0.0191. The van der Waals surface area contributed by atoms with E-state index in [1.807, 2.05) is 11.8 Å². The van der Waals surface area contributed by atoms with E-state index in [1.54, 1.807) is 0 Å². The number of nitrogens with one attached hydrogen (secondary N) is 1. The monoisotopic (exact) mass is 343 g/mol. The van der Waals surface area contributed by atoms with Gasteiger partial charge in [-0.3, -0.25) is 9.89 Å². The molecule has 6 heteroatoms. The van der Waals surface area contributed by atoms with Crippen LogP contribution in [0.5, 0.6) is 0 Å². The van der Waals surface area contributed by atoms with Gasteiger partial charge < -0.3 is 9.64 Å². The number of aromatic nitrogens is 2. The lowest BCUT2D eigenvalue weighted by atomic mass is 10.1. The number of ether oxygens (including phenoxy) is 1. The van der Waals surface area contributed by atoms with Gasteiger partial charge in [0.2, 0.25) is 0 Å². The van der Waals surface area contributed by atoms with Crippen LogP contribution in [0.1, 0.15) is 49.3 Å². The molecular formula is C14H22BrN3O2. The van der Waals surface area contributed by atoms with Crippen molar-refractivity contribution in [2.45, 2.75) is 33.1 Å². The number of aromatic amines is 1. The van der Waals surface area contributed by atoms with E-state index < -0.39 is 0 Å². The quantitative estimate of drug-likeness (QED) is 0.894. The Morgan fingerprint density at radius 3 is 2.85 bits per heavy atom. The summed E-state index contributed by atoms with van der Waals surface area (Å²) in [6, 6.07) is 0. The molecule has 1 N–H and O–H groups in total. The Hall–Kier alpha value is -0.880. The van der Waals surface area contributed by atoms with Gasteiger partial charge in [-0.25, -0.2) is 0 Å². The van der Waals surface area contributed by atoms with Crippen LogP contribution in [0.3, 0.4) is 0 Å². The minimum absolute atomic E-state index is 0.0191. The molecule has 2 rings (SSSR count). The zero-order chi connectivity index (χ0) is 14.7. The van der Waals surface area contributed by atoms with E-state index >= 15 is 0 Å². The average molecular weight is 344 g/mol. The number of halogens is 1. The predicted octanol–water partition coefficient (Wildman–Crippen LogP) is 2.79. The summed E-state index contributed by atoms with van der Waals surface area (Å²) in [5, 5.41) is 7.14. The summed E-state index contributed by atoms with van der Waals surface area (Å²) in [5.74, 6) is 0.729. The molecule has 2 heterocycles. The van der Waals surface area contributed by atoms with Crippen molar-refractivity contribution in [3.63, 3.8) is 0 Å². The van der Waals surface area contributed by atoms with Gasteiger partial charge in [0.1, 0.15) is 0 Å². The third-order valence-electron chi connectivity index (χ3n) is 3.68. The summed E-state index contributed by atoms with van der Waals surface area (Å²) >= 11 is 3.50. The Bertz CT molecular complexity index is 467. The van der Waals surface area contributed by atoms with Crippen molar-refractivity contribution in [2.24, 2.45) is 5.92 Å². The highest BCUT2D eigenvalue weighted by molar-refractivity contribution is 9.10. The van der Waals surface area contributed by atoms with Crippen molar-refractivity contribution in [2.75, 3.05) is 26.3 Å². The number of hydrogen-bond donors (Lipinski definition) is 1. The molecule has 0 aliphatic carbocycles. The Morgan fingerprint density at radius 2 is 2.35 bits per heavy atom. The number of amides is 1. The van der Waals surface area contributed by atoms with Crippen LogP contribution in [0.15, 0.2) is 4.47 Å². The molecule has 5 nitrogen and oxygen atoms in total. The van der Waals surface area contributed by atoms with E-state index in [9.17, 15) is 4.79 Å². The largest absolute Gasteiger partial charge is 0.381 e. The Labute approximate surface area is 128 Å². The number of H-pyrrole nitrogens is 1. The highest BCUT2D eigenvalue weighted by Gasteiger charge is 2.26. The smallest absolute Gasteiger partial charge is 0.275 e. The molecule has 1 atom stereocenters. The Morgan fingerprint density at radius 1 is 1.60 bits per heavy atom. The Kier molecular flexibility index (Phi) is 5.21. The van der Waals surface area contributed by atoms with Crippen LogP contribution < -0.4 is 0 Å². The molecule has 1 amide bonds. The van der Waals surface area contributed by atoms with E-state index in [1.165, 1.54) is 0 Å². The molecule has 1 saturated heterocycles. The first-order valence-electron chi connectivity index (χ1n) is 7.15. The maximum atomic E-state index is 12.6. The van der Waals surface area contributed by atoms with Crippen molar-refractivity contribution >= 4 is 21.8 Å². The summed E-state index contributed by atoms with van der Waals surface area (Å²) in [6.45, 7) is 9.12. The molecule has 0 spiro atoms. The van der Waals surface area contributed by atoms with Crippen molar-refractivity contribution in [1.29, 1.82) is 0 Å².